The molecule has 0 rings (SSSR count). The van der Waals surface area contributed by atoms with Crippen molar-refractivity contribution < 1.29 is 9.47 Å². The van der Waals surface area contributed by atoms with Crippen molar-refractivity contribution in [2.24, 2.45) is 0 Å². The number of ether oxygens (including phenoxy) is 2. The Kier molecular flexibility index (Phi) is 10.3. The van der Waals surface area contributed by atoms with E-state index in [1.807, 2.05) is 0 Å². The molecule has 0 aliphatic carbocycles. The van der Waals surface area contributed by atoms with Gasteiger partial charge in [-0.2, -0.15) is 0 Å². The fourth-order valence-electron chi connectivity index (χ4n) is 1.07. The Hall–Kier alpha value is 0.790. The largest absolute Gasteiger partial charge is 0.353 e. The summed E-state index contributed by atoms with van der Waals surface area (Å²) in [5.74, 6) is 0. The van der Waals surface area contributed by atoms with Crippen LogP contribution < -0.4 is 0 Å². The third-order valence-corrected chi connectivity index (χ3v) is 2.46. The topological polar surface area (TPSA) is 18.5 Å². The third kappa shape index (κ3) is 11.3. The summed E-state index contributed by atoms with van der Waals surface area (Å²) in [6.45, 7) is 5.50. The molecule has 0 N–H and O–H groups in total. The van der Waals surface area contributed by atoms with Gasteiger partial charge in [-0.25, -0.2) is 0 Å². The van der Waals surface area contributed by atoms with Crippen molar-refractivity contribution in [2.75, 3.05) is 13.2 Å². The van der Waals surface area contributed by atoms with E-state index in [1.54, 1.807) is 0 Å². The molecule has 2 nitrogen and oxygen atoms in total. The average molecular weight is 292 g/mol. The number of hydrogen-bond donors (Lipinski definition) is 0. The van der Waals surface area contributed by atoms with E-state index in [-0.39, 0.29) is 6.42 Å². The number of rotatable bonds is 9. The zero-order valence-corrected chi connectivity index (χ0v) is 12.2. The minimum absolute atomic E-state index is 0.269. The van der Waals surface area contributed by atoms with Crippen LogP contribution in [0.1, 0.15) is 46.0 Å². The summed E-state index contributed by atoms with van der Waals surface area (Å²) in [5, 5.41) is 0. The van der Waals surface area contributed by atoms with Gasteiger partial charge in [0.1, 0.15) is 0 Å². The summed E-state index contributed by atoms with van der Waals surface area (Å²) >= 11 is 17.2. The van der Waals surface area contributed by atoms with Crippen molar-refractivity contribution >= 4 is 34.8 Å². The van der Waals surface area contributed by atoms with Crippen LogP contribution in [0.4, 0.5) is 0 Å². The summed E-state index contributed by atoms with van der Waals surface area (Å²) in [6.07, 6.45) is 4.00. The van der Waals surface area contributed by atoms with Crippen LogP contribution in [-0.4, -0.2) is 23.3 Å². The van der Waals surface area contributed by atoms with Crippen molar-refractivity contribution in [1.82, 2.24) is 0 Å². The van der Waals surface area contributed by atoms with E-state index in [0.29, 0.717) is 13.2 Å². The molecule has 0 aliphatic heterocycles. The number of halogens is 3. The van der Waals surface area contributed by atoms with Crippen LogP contribution in [-0.2, 0) is 9.47 Å². The van der Waals surface area contributed by atoms with Gasteiger partial charge in [0.15, 0.2) is 10.1 Å². The predicted octanol–water partition coefficient (Wildman–Crippen LogP) is 4.71. The first kappa shape index (κ1) is 16.8. The SMILES string of the molecule is CCCCOC(CC(Cl)(Cl)Cl)OCCCC. The summed E-state index contributed by atoms with van der Waals surface area (Å²) < 4.78 is 9.74. The van der Waals surface area contributed by atoms with E-state index in [2.05, 4.69) is 13.8 Å². The summed E-state index contributed by atoms with van der Waals surface area (Å²) in [6, 6.07) is 0. The summed E-state index contributed by atoms with van der Waals surface area (Å²) in [7, 11) is 0. The second kappa shape index (κ2) is 9.78. The van der Waals surface area contributed by atoms with E-state index in [9.17, 15) is 0 Å². The Labute approximate surface area is 114 Å². The zero-order valence-electron chi connectivity index (χ0n) is 9.98. The molecule has 0 unspecified atom stereocenters. The minimum Gasteiger partial charge on any atom is -0.353 e. The maximum absolute atomic E-state index is 5.72. The second-order valence-electron chi connectivity index (χ2n) is 3.70. The number of unbranched alkanes of at least 4 members (excludes halogenated alkanes) is 2. The Morgan fingerprint density at radius 1 is 0.938 bits per heavy atom. The lowest BCUT2D eigenvalue weighted by Crippen LogP contribution is -2.24. The molecule has 0 fully saturated rings. The highest BCUT2D eigenvalue weighted by atomic mass is 35.6. The molecule has 0 radical (unpaired) electrons. The van der Waals surface area contributed by atoms with Crippen LogP contribution in [0.15, 0.2) is 0 Å². The van der Waals surface area contributed by atoms with Crippen LogP contribution >= 0.6 is 34.8 Å². The first-order chi connectivity index (χ1) is 7.49. The lowest BCUT2D eigenvalue weighted by Gasteiger charge is -2.22. The fourth-order valence-corrected chi connectivity index (χ4v) is 1.45. The summed E-state index contributed by atoms with van der Waals surface area (Å²) in [4.78, 5) is 0. The normalized spacial score (nSPS) is 12.4. The van der Waals surface area contributed by atoms with Gasteiger partial charge in [0.05, 0.1) is 0 Å². The molecule has 0 bridgehead atoms. The summed E-state index contributed by atoms with van der Waals surface area (Å²) in [5.41, 5.74) is 0. The van der Waals surface area contributed by atoms with Crippen molar-refractivity contribution in [3.05, 3.63) is 0 Å². The van der Waals surface area contributed by atoms with Gasteiger partial charge in [-0.05, 0) is 12.8 Å². The average Bonchev–Trinajstić information content (AvgIpc) is 2.16. The van der Waals surface area contributed by atoms with Crippen molar-refractivity contribution in [1.29, 1.82) is 0 Å². The standard InChI is InChI=1S/C11H21Cl3O2/c1-3-5-7-15-10(9-11(12,13)14)16-8-6-4-2/h10H,3-9H2,1-2H3. The molecular formula is C11H21Cl3O2. The molecule has 0 amide bonds. The van der Waals surface area contributed by atoms with Crippen molar-refractivity contribution in [3.8, 4) is 0 Å². The van der Waals surface area contributed by atoms with Crippen LogP contribution in [0, 0.1) is 0 Å². The van der Waals surface area contributed by atoms with Gasteiger partial charge in [0.25, 0.3) is 0 Å². The quantitative estimate of drug-likeness (QED) is 0.348. The minimum atomic E-state index is -1.32. The van der Waals surface area contributed by atoms with Gasteiger partial charge >= 0.3 is 0 Å². The highest BCUT2D eigenvalue weighted by molar-refractivity contribution is 6.67. The Balaban J connectivity index is 3.85. The molecule has 0 aromatic heterocycles. The Bertz CT molecular complexity index is 150. The molecule has 0 spiro atoms. The number of alkyl halides is 3. The number of hydrogen-bond acceptors (Lipinski definition) is 2. The maximum Gasteiger partial charge on any atom is 0.195 e. The van der Waals surface area contributed by atoms with Gasteiger partial charge in [0.2, 0.25) is 0 Å². The fraction of sp³-hybridized carbons (Fsp3) is 1.00. The first-order valence-electron chi connectivity index (χ1n) is 5.79. The Morgan fingerprint density at radius 3 is 1.69 bits per heavy atom. The van der Waals surface area contributed by atoms with E-state index in [1.165, 1.54) is 0 Å². The molecule has 5 heteroatoms. The lowest BCUT2D eigenvalue weighted by molar-refractivity contribution is -0.146. The molecule has 0 heterocycles. The second-order valence-corrected chi connectivity index (χ2v) is 6.21. The molecule has 98 valence electrons. The highest BCUT2D eigenvalue weighted by Crippen LogP contribution is 2.32. The molecule has 0 atom stereocenters. The van der Waals surface area contributed by atoms with E-state index < -0.39 is 10.1 Å². The first-order valence-corrected chi connectivity index (χ1v) is 6.93. The molecular weight excluding hydrogens is 270 g/mol. The van der Waals surface area contributed by atoms with E-state index >= 15 is 0 Å². The lowest BCUT2D eigenvalue weighted by atomic mass is 10.3. The molecule has 0 saturated carbocycles. The third-order valence-electron chi connectivity index (χ3n) is 2.00. The monoisotopic (exact) mass is 290 g/mol. The Morgan fingerprint density at radius 2 is 1.38 bits per heavy atom. The van der Waals surface area contributed by atoms with Crippen molar-refractivity contribution in [2.45, 2.75) is 56.0 Å². The molecule has 0 saturated heterocycles. The van der Waals surface area contributed by atoms with E-state index in [4.69, 9.17) is 44.3 Å². The van der Waals surface area contributed by atoms with Crippen molar-refractivity contribution in [3.63, 3.8) is 0 Å². The van der Waals surface area contributed by atoms with Gasteiger partial charge < -0.3 is 9.47 Å². The van der Waals surface area contributed by atoms with Crippen LogP contribution in [0.5, 0.6) is 0 Å². The van der Waals surface area contributed by atoms with Crippen LogP contribution in [0.25, 0.3) is 0 Å². The van der Waals surface area contributed by atoms with Gasteiger partial charge in [-0.3, -0.25) is 0 Å². The van der Waals surface area contributed by atoms with Gasteiger partial charge in [0, 0.05) is 19.6 Å². The molecule has 0 aromatic carbocycles. The van der Waals surface area contributed by atoms with E-state index in [0.717, 1.165) is 25.7 Å². The predicted molar refractivity (Wildman–Crippen MR) is 70.4 cm³/mol. The van der Waals surface area contributed by atoms with Crippen LogP contribution in [0.3, 0.4) is 0 Å². The smallest absolute Gasteiger partial charge is 0.195 e. The van der Waals surface area contributed by atoms with Gasteiger partial charge in [-0.1, -0.05) is 61.5 Å². The highest BCUT2D eigenvalue weighted by Gasteiger charge is 2.26. The van der Waals surface area contributed by atoms with Crippen LogP contribution in [0.2, 0.25) is 0 Å². The maximum atomic E-state index is 5.72. The zero-order chi connectivity index (χ0) is 12.4. The molecule has 0 aliphatic rings. The van der Waals surface area contributed by atoms with Gasteiger partial charge in [-0.15, -0.1) is 0 Å². The molecule has 0 aromatic rings. The molecule has 16 heavy (non-hydrogen) atoms.